The van der Waals surface area contributed by atoms with Gasteiger partial charge in [0.05, 0.1) is 18.4 Å². The molecule has 0 saturated heterocycles. The van der Waals surface area contributed by atoms with Gasteiger partial charge in [0.1, 0.15) is 0 Å². The van der Waals surface area contributed by atoms with E-state index in [2.05, 4.69) is 16.2 Å². The molecule has 0 aliphatic carbocycles. The lowest BCUT2D eigenvalue weighted by Crippen LogP contribution is -2.00. The Kier molecular flexibility index (Phi) is 2.45. The fourth-order valence-corrected chi connectivity index (χ4v) is 0.665. The molecule has 0 bridgehead atoms. The van der Waals surface area contributed by atoms with Crippen molar-refractivity contribution >= 4 is 5.69 Å². The van der Waals surface area contributed by atoms with Crippen LogP contribution in [0, 0.1) is 18.2 Å². The number of nitrogens with one attached hydrogen (secondary N) is 1. The van der Waals surface area contributed by atoms with Crippen molar-refractivity contribution in [2.24, 2.45) is 0 Å². The summed E-state index contributed by atoms with van der Waals surface area (Å²) in [7, 11) is 0. The van der Waals surface area contributed by atoms with E-state index >= 15 is 0 Å². The topological polar surface area (TPSA) is 24.9 Å². The normalized spacial score (nSPS) is 8.73. The number of aromatic nitrogens is 1. The van der Waals surface area contributed by atoms with E-state index in [0.29, 0.717) is 12.2 Å². The molecule has 0 spiro atoms. The van der Waals surface area contributed by atoms with Gasteiger partial charge in [0.25, 0.3) is 0 Å². The summed E-state index contributed by atoms with van der Waals surface area (Å²) in [6, 6.07) is 1.53. The maximum atomic E-state index is 12.7. The van der Waals surface area contributed by atoms with Gasteiger partial charge in [-0.25, -0.2) is 4.39 Å². The zero-order chi connectivity index (χ0) is 8.10. The molecule has 0 saturated carbocycles. The maximum Gasteiger partial charge on any atom is 0.164 e. The van der Waals surface area contributed by atoms with E-state index in [1.54, 1.807) is 0 Å². The van der Waals surface area contributed by atoms with Crippen LogP contribution in [-0.4, -0.2) is 11.5 Å². The van der Waals surface area contributed by atoms with E-state index in [1.807, 2.05) is 0 Å². The number of terminal acetylenes is 1. The molecule has 0 radical (unpaired) electrons. The highest BCUT2D eigenvalue weighted by atomic mass is 19.1. The molecule has 0 aromatic carbocycles. The van der Waals surface area contributed by atoms with Gasteiger partial charge < -0.3 is 5.32 Å². The predicted molar refractivity (Wildman–Crippen MR) is 41.5 cm³/mol. The highest BCUT2D eigenvalue weighted by molar-refractivity contribution is 5.43. The predicted octanol–water partition coefficient (Wildman–Crippen LogP) is 1.27. The molecule has 1 aromatic rings. The number of nitrogens with zero attached hydrogens (tertiary/aromatic N) is 1. The zero-order valence-electron chi connectivity index (χ0n) is 5.84. The minimum atomic E-state index is -0.386. The molecule has 0 fully saturated rings. The van der Waals surface area contributed by atoms with Crippen molar-refractivity contribution in [3.63, 3.8) is 0 Å². The van der Waals surface area contributed by atoms with Gasteiger partial charge in [0, 0.05) is 6.20 Å². The summed E-state index contributed by atoms with van der Waals surface area (Å²) >= 11 is 0. The van der Waals surface area contributed by atoms with Crippen molar-refractivity contribution in [3.8, 4) is 12.3 Å². The minimum Gasteiger partial charge on any atom is -0.372 e. The van der Waals surface area contributed by atoms with E-state index in [1.165, 1.54) is 12.3 Å². The van der Waals surface area contributed by atoms with Crippen LogP contribution in [0.5, 0.6) is 0 Å². The van der Waals surface area contributed by atoms with E-state index in [9.17, 15) is 4.39 Å². The molecule has 0 unspecified atom stereocenters. The molecule has 1 aromatic heterocycles. The van der Waals surface area contributed by atoms with Gasteiger partial charge in [0.15, 0.2) is 5.82 Å². The van der Waals surface area contributed by atoms with E-state index in [4.69, 9.17) is 6.42 Å². The van der Waals surface area contributed by atoms with Crippen molar-refractivity contribution in [1.82, 2.24) is 4.98 Å². The third-order valence-electron chi connectivity index (χ3n) is 1.15. The first-order chi connectivity index (χ1) is 5.34. The van der Waals surface area contributed by atoms with Crippen LogP contribution in [0.2, 0.25) is 0 Å². The molecule has 0 aliphatic rings. The highest BCUT2D eigenvalue weighted by Gasteiger charge is 1.96. The van der Waals surface area contributed by atoms with Crippen molar-refractivity contribution < 1.29 is 4.39 Å². The number of halogens is 1. The van der Waals surface area contributed by atoms with Crippen molar-refractivity contribution in [3.05, 3.63) is 24.3 Å². The smallest absolute Gasteiger partial charge is 0.164 e. The Hall–Kier alpha value is -1.56. The van der Waals surface area contributed by atoms with Crippen LogP contribution in [0.25, 0.3) is 0 Å². The number of hydrogen-bond acceptors (Lipinski definition) is 2. The quantitative estimate of drug-likeness (QED) is 0.642. The van der Waals surface area contributed by atoms with Crippen LogP contribution in [0.15, 0.2) is 18.5 Å². The lowest BCUT2D eigenvalue weighted by Gasteiger charge is -2.01. The SMILES string of the molecule is C#CCNc1ccncc1F. The van der Waals surface area contributed by atoms with E-state index < -0.39 is 0 Å². The molecule has 11 heavy (non-hydrogen) atoms. The first-order valence-corrected chi connectivity index (χ1v) is 3.11. The fourth-order valence-electron chi connectivity index (χ4n) is 0.665. The average Bonchev–Trinajstić information content (AvgIpc) is 2.03. The first-order valence-electron chi connectivity index (χ1n) is 3.11. The molecule has 0 aliphatic heterocycles. The third kappa shape index (κ3) is 1.94. The van der Waals surface area contributed by atoms with Crippen molar-refractivity contribution in [2.75, 3.05) is 11.9 Å². The lowest BCUT2D eigenvalue weighted by molar-refractivity contribution is 0.624. The highest BCUT2D eigenvalue weighted by Crippen LogP contribution is 2.09. The minimum absolute atomic E-state index is 0.320. The molecule has 0 amide bonds. The lowest BCUT2D eigenvalue weighted by atomic mass is 10.4. The van der Waals surface area contributed by atoms with Gasteiger partial charge in [-0.1, -0.05) is 5.92 Å². The van der Waals surface area contributed by atoms with Crippen LogP contribution < -0.4 is 5.32 Å². The monoisotopic (exact) mass is 150 g/mol. The number of rotatable bonds is 2. The summed E-state index contributed by atoms with van der Waals surface area (Å²) < 4.78 is 12.7. The second-order valence-corrected chi connectivity index (χ2v) is 1.91. The Morgan fingerprint density at radius 1 is 1.73 bits per heavy atom. The van der Waals surface area contributed by atoms with Crippen LogP contribution >= 0.6 is 0 Å². The molecule has 3 heteroatoms. The second kappa shape index (κ2) is 3.57. The summed E-state index contributed by atoms with van der Waals surface area (Å²) in [6.07, 6.45) is 7.62. The fraction of sp³-hybridized carbons (Fsp3) is 0.125. The van der Waals surface area contributed by atoms with Gasteiger partial charge in [-0.05, 0) is 6.07 Å². The zero-order valence-corrected chi connectivity index (χ0v) is 5.84. The van der Waals surface area contributed by atoms with Crippen LogP contribution in [0.3, 0.4) is 0 Å². The molecular formula is C8H7FN2. The number of anilines is 1. The van der Waals surface area contributed by atoms with Gasteiger partial charge >= 0.3 is 0 Å². The van der Waals surface area contributed by atoms with Crippen molar-refractivity contribution in [2.45, 2.75) is 0 Å². The summed E-state index contributed by atoms with van der Waals surface area (Å²) in [6.45, 7) is 0.320. The standard InChI is InChI=1S/C8H7FN2/c1-2-4-11-8-3-5-10-6-7(8)9/h1,3,5-6H,4H2,(H,10,11). The number of pyridine rings is 1. The molecule has 56 valence electrons. The van der Waals surface area contributed by atoms with Gasteiger partial charge in [-0.3, -0.25) is 4.98 Å². The Balaban J connectivity index is 2.71. The number of hydrogen-bond donors (Lipinski definition) is 1. The van der Waals surface area contributed by atoms with E-state index in [-0.39, 0.29) is 5.82 Å². The first kappa shape index (κ1) is 7.55. The summed E-state index contributed by atoms with van der Waals surface area (Å²) in [4.78, 5) is 3.59. The molecule has 1 rings (SSSR count). The van der Waals surface area contributed by atoms with Crippen molar-refractivity contribution in [1.29, 1.82) is 0 Å². The summed E-state index contributed by atoms with van der Waals surface area (Å²) in [5, 5.41) is 2.71. The van der Waals surface area contributed by atoms with Gasteiger partial charge in [-0.2, -0.15) is 0 Å². The molecule has 2 nitrogen and oxygen atoms in total. The summed E-state index contributed by atoms with van der Waals surface area (Å²) in [5.74, 6) is 1.96. The van der Waals surface area contributed by atoms with Crippen LogP contribution in [0.4, 0.5) is 10.1 Å². The molecule has 0 atom stereocenters. The third-order valence-corrected chi connectivity index (χ3v) is 1.15. The van der Waals surface area contributed by atoms with Gasteiger partial charge in [0.2, 0.25) is 0 Å². The largest absolute Gasteiger partial charge is 0.372 e. The molecule has 1 N–H and O–H groups in total. The second-order valence-electron chi connectivity index (χ2n) is 1.91. The maximum absolute atomic E-state index is 12.7. The van der Waals surface area contributed by atoms with Crippen LogP contribution in [0.1, 0.15) is 0 Å². The molecule has 1 heterocycles. The van der Waals surface area contributed by atoms with E-state index in [0.717, 1.165) is 6.20 Å². The summed E-state index contributed by atoms with van der Waals surface area (Å²) in [5.41, 5.74) is 0.387. The Morgan fingerprint density at radius 2 is 2.55 bits per heavy atom. The van der Waals surface area contributed by atoms with Crippen LogP contribution in [-0.2, 0) is 0 Å². The average molecular weight is 150 g/mol. The Bertz CT molecular complexity index is 278. The van der Waals surface area contributed by atoms with Gasteiger partial charge in [-0.15, -0.1) is 6.42 Å². The Morgan fingerprint density at radius 3 is 3.18 bits per heavy atom. The molecular weight excluding hydrogens is 143 g/mol. The Labute approximate surface area is 64.5 Å².